The Morgan fingerprint density at radius 2 is 2.30 bits per heavy atom. The number of hydrogen-bond acceptors (Lipinski definition) is 6. The summed E-state index contributed by atoms with van der Waals surface area (Å²) < 4.78 is 10.3. The highest BCUT2D eigenvalue weighted by Crippen LogP contribution is 2.34. The highest BCUT2D eigenvalue weighted by atomic mass is 35.5. The van der Waals surface area contributed by atoms with Crippen LogP contribution in [0.2, 0.25) is 5.02 Å². The summed E-state index contributed by atoms with van der Waals surface area (Å²) in [5, 5.41) is 14.7. The molecule has 0 saturated carbocycles. The number of benzene rings is 1. The van der Waals surface area contributed by atoms with Gasteiger partial charge in [0.2, 0.25) is 0 Å². The fourth-order valence-corrected chi connectivity index (χ4v) is 2.91. The molecule has 1 aliphatic rings. The predicted octanol–water partition coefficient (Wildman–Crippen LogP) is 1.77. The number of carbonyl (C=O) groups is 1. The highest BCUT2D eigenvalue weighted by Gasteiger charge is 2.44. The Bertz CT molecular complexity index is 748. The molecule has 8 heteroatoms. The van der Waals surface area contributed by atoms with Gasteiger partial charge in [-0.15, -0.1) is 0 Å². The lowest BCUT2D eigenvalue weighted by atomic mass is 10.0. The summed E-state index contributed by atoms with van der Waals surface area (Å²) >= 11 is 6.14. The molecule has 0 radical (unpaired) electrons. The maximum absolute atomic E-state index is 12.8. The molecular formula is C15H16ClN3O4. The minimum absolute atomic E-state index is 0.0574. The largest absolute Gasteiger partial charge is 0.496 e. The molecule has 0 spiro atoms. The normalized spacial score (nSPS) is 20.8. The zero-order valence-corrected chi connectivity index (χ0v) is 13.5. The summed E-state index contributed by atoms with van der Waals surface area (Å²) in [6.07, 6.45) is 0.313. The smallest absolute Gasteiger partial charge is 0.260 e. The number of halogens is 1. The van der Waals surface area contributed by atoms with Crippen molar-refractivity contribution in [1.29, 1.82) is 0 Å². The van der Waals surface area contributed by atoms with Gasteiger partial charge in [0.05, 0.1) is 18.7 Å². The molecule has 0 aliphatic carbocycles. The van der Waals surface area contributed by atoms with Crippen molar-refractivity contribution >= 4 is 17.5 Å². The first-order valence-electron chi connectivity index (χ1n) is 7.09. The van der Waals surface area contributed by atoms with Crippen LogP contribution in [0.3, 0.4) is 0 Å². The van der Waals surface area contributed by atoms with Crippen LogP contribution in [0.5, 0.6) is 5.75 Å². The van der Waals surface area contributed by atoms with Gasteiger partial charge in [0, 0.05) is 13.0 Å². The molecule has 122 valence electrons. The summed E-state index contributed by atoms with van der Waals surface area (Å²) in [5.74, 6) is 0.647. The maximum Gasteiger partial charge on any atom is 0.260 e. The lowest BCUT2D eigenvalue weighted by Gasteiger charge is -2.21. The van der Waals surface area contributed by atoms with Gasteiger partial charge in [-0.2, -0.15) is 4.98 Å². The van der Waals surface area contributed by atoms with E-state index in [4.69, 9.17) is 20.9 Å². The Kier molecular flexibility index (Phi) is 3.99. The van der Waals surface area contributed by atoms with Crippen LogP contribution in [-0.4, -0.2) is 46.3 Å². The average Bonchev–Trinajstić information content (AvgIpc) is 3.14. The topological polar surface area (TPSA) is 88.7 Å². The van der Waals surface area contributed by atoms with Crippen molar-refractivity contribution in [3.05, 3.63) is 40.5 Å². The van der Waals surface area contributed by atoms with Crippen LogP contribution in [0.25, 0.3) is 0 Å². The molecule has 1 aromatic carbocycles. The van der Waals surface area contributed by atoms with Gasteiger partial charge >= 0.3 is 0 Å². The third-order valence-electron chi connectivity index (χ3n) is 3.87. The summed E-state index contributed by atoms with van der Waals surface area (Å²) in [5.41, 5.74) is -1.06. The van der Waals surface area contributed by atoms with Gasteiger partial charge in [-0.1, -0.05) is 22.8 Å². The molecule has 1 atom stereocenters. The van der Waals surface area contributed by atoms with E-state index in [-0.39, 0.29) is 23.9 Å². The van der Waals surface area contributed by atoms with Crippen LogP contribution in [0.15, 0.2) is 22.7 Å². The Hall–Kier alpha value is -2.12. The second-order valence-corrected chi connectivity index (χ2v) is 5.88. The molecule has 7 nitrogen and oxygen atoms in total. The van der Waals surface area contributed by atoms with Crippen LogP contribution in [0.1, 0.15) is 28.5 Å². The minimum Gasteiger partial charge on any atom is -0.496 e. The van der Waals surface area contributed by atoms with Gasteiger partial charge in [-0.05, 0) is 19.1 Å². The van der Waals surface area contributed by atoms with Crippen molar-refractivity contribution in [3.63, 3.8) is 0 Å². The first-order valence-corrected chi connectivity index (χ1v) is 7.47. The number of carbonyl (C=O) groups excluding carboxylic acids is 1. The summed E-state index contributed by atoms with van der Waals surface area (Å²) in [6.45, 7) is 2.08. The third-order valence-corrected chi connectivity index (χ3v) is 4.18. The minimum atomic E-state index is -1.34. The number of hydrogen-bond donors (Lipinski definition) is 1. The number of amides is 1. The van der Waals surface area contributed by atoms with E-state index in [9.17, 15) is 9.90 Å². The number of aryl methyl sites for hydroxylation is 1. The molecule has 2 heterocycles. The molecule has 1 fully saturated rings. The molecule has 1 aliphatic heterocycles. The van der Waals surface area contributed by atoms with E-state index >= 15 is 0 Å². The first-order chi connectivity index (χ1) is 10.9. The summed E-state index contributed by atoms with van der Waals surface area (Å²) in [6, 6.07) is 5.00. The second kappa shape index (κ2) is 5.82. The van der Waals surface area contributed by atoms with E-state index < -0.39 is 5.60 Å². The van der Waals surface area contributed by atoms with Gasteiger partial charge < -0.3 is 19.3 Å². The Morgan fingerprint density at radius 3 is 2.96 bits per heavy atom. The van der Waals surface area contributed by atoms with E-state index in [2.05, 4.69) is 10.1 Å². The number of ether oxygens (including phenoxy) is 1. The van der Waals surface area contributed by atoms with Crippen molar-refractivity contribution in [3.8, 4) is 5.75 Å². The Labute approximate surface area is 137 Å². The molecule has 1 saturated heterocycles. The van der Waals surface area contributed by atoms with Crippen molar-refractivity contribution < 1.29 is 19.2 Å². The van der Waals surface area contributed by atoms with Gasteiger partial charge in [0.25, 0.3) is 11.8 Å². The monoisotopic (exact) mass is 337 g/mol. The van der Waals surface area contributed by atoms with Crippen molar-refractivity contribution in [1.82, 2.24) is 15.0 Å². The molecule has 0 bridgehead atoms. The number of nitrogens with zero attached hydrogens (tertiary/aromatic N) is 3. The maximum atomic E-state index is 12.8. The zero-order valence-electron chi connectivity index (χ0n) is 12.7. The first kappa shape index (κ1) is 15.8. The number of methoxy groups -OCH3 is 1. The quantitative estimate of drug-likeness (QED) is 0.918. The van der Waals surface area contributed by atoms with Crippen LogP contribution < -0.4 is 4.74 Å². The number of likely N-dealkylation sites (tertiary alicyclic amines) is 1. The highest BCUT2D eigenvalue weighted by molar-refractivity contribution is 6.34. The van der Waals surface area contributed by atoms with E-state index in [1.54, 1.807) is 25.1 Å². The zero-order chi connectivity index (χ0) is 16.6. The van der Waals surface area contributed by atoms with E-state index in [1.807, 2.05) is 0 Å². The molecule has 1 unspecified atom stereocenters. The van der Waals surface area contributed by atoms with Gasteiger partial charge in [-0.3, -0.25) is 4.79 Å². The van der Waals surface area contributed by atoms with Crippen molar-refractivity contribution in [2.75, 3.05) is 20.2 Å². The second-order valence-electron chi connectivity index (χ2n) is 5.47. The number of aliphatic hydroxyl groups is 1. The van der Waals surface area contributed by atoms with E-state index in [1.165, 1.54) is 12.0 Å². The molecule has 1 N–H and O–H groups in total. The standard InChI is InChI=1S/C15H16ClN3O4/c1-9-17-14(23-18-9)15(21)6-7-19(8-15)13(20)12-10(16)4-3-5-11(12)22-2/h3-5,21H,6-8H2,1-2H3. The fourth-order valence-electron chi connectivity index (χ4n) is 2.67. The van der Waals surface area contributed by atoms with Gasteiger partial charge in [0.1, 0.15) is 11.3 Å². The average molecular weight is 338 g/mol. The molecule has 2 aromatic rings. The Morgan fingerprint density at radius 1 is 1.52 bits per heavy atom. The Balaban J connectivity index is 1.86. The number of rotatable bonds is 3. The van der Waals surface area contributed by atoms with Gasteiger partial charge in [-0.25, -0.2) is 0 Å². The molecule has 1 aromatic heterocycles. The van der Waals surface area contributed by atoms with Crippen LogP contribution >= 0.6 is 11.6 Å². The van der Waals surface area contributed by atoms with Crippen LogP contribution in [0.4, 0.5) is 0 Å². The van der Waals surface area contributed by atoms with Crippen molar-refractivity contribution in [2.45, 2.75) is 18.9 Å². The number of aromatic nitrogens is 2. The van der Waals surface area contributed by atoms with E-state index in [0.29, 0.717) is 29.6 Å². The SMILES string of the molecule is COc1cccc(Cl)c1C(=O)N1CCC(O)(c2nc(C)no2)C1. The predicted molar refractivity (Wildman–Crippen MR) is 81.5 cm³/mol. The molecule has 23 heavy (non-hydrogen) atoms. The molecule has 1 amide bonds. The number of β-amino-alcohol motifs (C(OH)–C–C–N with tert-alkyl or cyclic N) is 1. The summed E-state index contributed by atoms with van der Waals surface area (Å²) in [4.78, 5) is 18.3. The van der Waals surface area contributed by atoms with E-state index in [0.717, 1.165) is 0 Å². The lowest BCUT2D eigenvalue weighted by molar-refractivity contribution is 0.0136. The van der Waals surface area contributed by atoms with Crippen LogP contribution in [-0.2, 0) is 5.60 Å². The third kappa shape index (κ3) is 2.77. The molecule has 3 rings (SSSR count). The fraction of sp³-hybridized carbons (Fsp3) is 0.400. The van der Waals surface area contributed by atoms with Crippen LogP contribution in [0, 0.1) is 6.92 Å². The molecular weight excluding hydrogens is 322 g/mol. The van der Waals surface area contributed by atoms with Crippen molar-refractivity contribution in [2.24, 2.45) is 0 Å². The van der Waals surface area contributed by atoms with Gasteiger partial charge in [0.15, 0.2) is 11.4 Å². The summed E-state index contributed by atoms with van der Waals surface area (Å²) in [7, 11) is 1.48. The lowest BCUT2D eigenvalue weighted by Crippen LogP contribution is -2.35.